The van der Waals surface area contributed by atoms with Crippen molar-refractivity contribution in [2.45, 2.75) is 77.3 Å². The summed E-state index contributed by atoms with van der Waals surface area (Å²) in [4.78, 5) is 27.1. The fourth-order valence-corrected chi connectivity index (χ4v) is 4.48. The molecule has 1 atom stereocenters. The van der Waals surface area contributed by atoms with E-state index in [1.807, 2.05) is 36.9 Å². The number of rotatable bonds is 9. The Hall–Kier alpha value is -2.24. The van der Waals surface area contributed by atoms with Gasteiger partial charge >= 0.3 is 0 Å². The molecule has 2 fully saturated rings. The predicted octanol–water partition coefficient (Wildman–Crippen LogP) is 3.47. The van der Waals surface area contributed by atoms with Crippen LogP contribution in [0.1, 0.15) is 64.4 Å². The summed E-state index contributed by atoms with van der Waals surface area (Å²) in [5.74, 6) is 1.61. The van der Waals surface area contributed by atoms with Crippen LogP contribution in [0.2, 0.25) is 0 Å². The molecule has 29 heavy (non-hydrogen) atoms. The van der Waals surface area contributed by atoms with Crippen LogP contribution in [0.3, 0.4) is 0 Å². The molecule has 6 nitrogen and oxygen atoms in total. The van der Waals surface area contributed by atoms with Crippen LogP contribution >= 0.6 is 0 Å². The lowest BCUT2D eigenvalue weighted by atomic mass is 9.93. The Balaban J connectivity index is 1.55. The van der Waals surface area contributed by atoms with Gasteiger partial charge in [-0.3, -0.25) is 9.59 Å². The summed E-state index contributed by atoms with van der Waals surface area (Å²) in [5.41, 5.74) is 1.09. The van der Waals surface area contributed by atoms with Gasteiger partial charge in [-0.15, -0.1) is 0 Å². The Morgan fingerprint density at radius 2 is 1.79 bits per heavy atom. The van der Waals surface area contributed by atoms with E-state index in [0.717, 1.165) is 42.7 Å². The van der Waals surface area contributed by atoms with Gasteiger partial charge in [0.15, 0.2) is 11.5 Å². The molecule has 0 radical (unpaired) electrons. The molecule has 1 aliphatic heterocycles. The average molecular weight is 403 g/mol. The molecular weight excluding hydrogens is 368 g/mol. The van der Waals surface area contributed by atoms with Crippen molar-refractivity contribution in [1.29, 1.82) is 0 Å². The number of carbonyl (C=O) groups is 2. The summed E-state index contributed by atoms with van der Waals surface area (Å²) in [5, 5.41) is 3.05. The lowest BCUT2D eigenvalue weighted by Crippen LogP contribution is -2.50. The second-order valence-corrected chi connectivity index (χ2v) is 7.84. The highest BCUT2D eigenvalue weighted by atomic mass is 16.5. The van der Waals surface area contributed by atoms with E-state index in [-0.39, 0.29) is 23.9 Å². The molecule has 0 bridgehead atoms. The minimum absolute atomic E-state index is 0.0163. The summed E-state index contributed by atoms with van der Waals surface area (Å²) >= 11 is 0. The van der Waals surface area contributed by atoms with E-state index in [9.17, 15) is 9.59 Å². The molecular formula is C23H34N2O4. The van der Waals surface area contributed by atoms with Crippen LogP contribution in [0, 0.1) is 0 Å². The van der Waals surface area contributed by atoms with Crippen molar-refractivity contribution in [2.75, 3.05) is 19.8 Å². The third kappa shape index (κ3) is 5.43. The molecule has 160 valence electrons. The van der Waals surface area contributed by atoms with Gasteiger partial charge in [-0.1, -0.05) is 25.3 Å². The lowest BCUT2D eigenvalue weighted by Gasteiger charge is -2.35. The molecule has 1 aromatic carbocycles. The summed E-state index contributed by atoms with van der Waals surface area (Å²) in [6.45, 7) is 5.61. The topological polar surface area (TPSA) is 67.9 Å². The van der Waals surface area contributed by atoms with Gasteiger partial charge in [-0.25, -0.2) is 0 Å². The van der Waals surface area contributed by atoms with Crippen molar-refractivity contribution >= 4 is 11.8 Å². The van der Waals surface area contributed by atoms with E-state index in [1.54, 1.807) is 0 Å². The van der Waals surface area contributed by atoms with Gasteiger partial charge in [0.05, 0.1) is 13.2 Å². The summed E-state index contributed by atoms with van der Waals surface area (Å²) < 4.78 is 11.3. The summed E-state index contributed by atoms with van der Waals surface area (Å²) in [6.07, 6.45) is 7.45. The molecule has 2 aliphatic rings. The maximum atomic E-state index is 12.8. The molecule has 1 saturated carbocycles. The van der Waals surface area contributed by atoms with Crippen LogP contribution in [0.25, 0.3) is 0 Å². The van der Waals surface area contributed by atoms with E-state index >= 15 is 0 Å². The molecule has 1 heterocycles. The van der Waals surface area contributed by atoms with E-state index in [2.05, 4.69) is 5.32 Å². The predicted molar refractivity (Wildman–Crippen MR) is 112 cm³/mol. The quantitative estimate of drug-likeness (QED) is 0.687. The van der Waals surface area contributed by atoms with Gasteiger partial charge in [0.2, 0.25) is 11.8 Å². The molecule has 3 rings (SSSR count). The number of benzene rings is 1. The molecule has 0 unspecified atom stereocenters. The number of nitrogens with one attached hydrogen (secondary N) is 1. The van der Waals surface area contributed by atoms with Crippen LogP contribution in [0.4, 0.5) is 0 Å². The molecule has 6 heteroatoms. The number of likely N-dealkylation sites (tertiary alicyclic amines) is 1. The van der Waals surface area contributed by atoms with Gasteiger partial charge in [-0.05, 0) is 57.2 Å². The number of hydrogen-bond donors (Lipinski definition) is 1. The second kappa shape index (κ2) is 10.5. The number of amides is 2. The Kier molecular flexibility index (Phi) is 7.78. The van der Waals surface area contributed by atoms with Gasteiger partial charge in [0.1, 0.15) is 6.04 Å². The Morgan fingerprint density at radius 1 is 1.07 bits per heavy atom. The summed E-state index contributed by atoms with van der Waals surface area (Å²) in [6, 6.07) is 5.85. The van der Waals surface area contributed by atoms with Crippen LogP contribution in [0.15, 0.2) is 18.2 Å². The van der Waals surface area contributed by atoms with Crippen molar-refractivity contribution in [1.82, 2.24) is 10.2 Å². The molecule has 1 N–H and O–H groups in total. The van der Waals surface area contributed by atoms with Crippen molar-refractivity contribution < 1.29 is 19.1 Å². The van der Waals surface area contributed by atoms with Crippen molar-refractivity contribution in [3.05, 3.63) is 23.8 Å². The molecule has 2 amide bonds. The Labute approximate surface area is 173 Å². The highest BCUT2D eigenvalue weighted by Gasteiger charge is 2.40. The van der Waals surface area contributed by atoms with Gasteiger partial charge < -0.3 is 19.7 Å². The molecule has 0 spiro atoms. The van der Waals surface area contributed by atoms with Crippen molar-refractivity contribution in [3.8, 4) is 11.5 Å². The third-order valence-electron chi connectivity index (χ3n) is 5.85. The van der Waals surface area contributed by atoms with E-state index in [0.29, 0.717) is 39.0 Å². The van der Waals surface area contributed by atoms with Crippen LogP contribution < -0.4 is 14.8 Å². The first kappa shape index (κ1) is 21.5. The monoisotopic (exact) mass is 402 g/mol. The van der Waals surface area contributed by atoms with E-state index in [4.69, 9.17) is 9.47 Å². The first-order valence-corrected chi connectivity index (χ1v) is 11.1. The zero-order valence-electron chi connectivity index (χ0n) is 17.7. The largest absolute Gasteiger partial charge is 0.490 e. The zero-order valence-corrected chi connectivity index (χ0v) is 17.7. The van der Waals surface area contributed by atoms with Crippen LogP contribution in [-0.2, 0) is 16.0 Å². The van der Waals surface area contributed by atoms with Crippen molar-refractivity contribution in [2.24, 2.45) is 0 Å². The van der Waals surface area contributed by atoms with Crippen molar-refractivity contribution in [3.63, 3.8) is 0 Å². The molecule has 0 aromatic heterocycles. The highest BCUT2D eigenvalue weighted by molar-refractivity contribution is 5.91. The van der Waals surface area contributed by atoms with E-state index < -0.39 is 0 Å². The molecule has 1 aromatic rings. The van der Waals surface area contributed by atoms with Crippen LogP contribution in [0.5, 0.6) is 11.5 Å². The van der Waals surface area contributed by atoms with E-state index in [1.165, 1.54) is 6.42 Å². The van der Waals surface area contributed by atoms with Gasteiger partial charge in [0, 0.05) is 19.0 Å². The number of hydrogen-bond acceptors (Lipinski definition) is 4. The van der Waals surface area contributed by atoms with Crippen LogP contribution in [-0.4, -0.2) is 48.6 Å². The summed E-state index contributed by atoms with van der Waals surface area (Å²) in [7, 11) is 0. The van der Waals surface area contributed by atoms with Gasteiger partial charge in [-0.2, -0.15) is 0 Å². The maximum Gasteiger partial charge on any atom is 0.242 e. The fourth-order valence-electron chi connectivity index (χ4n) is 4.48. The minimum atomic E-state index is -0.301. The fraction of sp³-hybridized carbons (Fsp3) is 0.652. The third-order valence-corrected chi connectivity index (χ3v) is 5.85. The number of nitrogens with zero attached hydrogens (tertiary/aromatic N) is 1. The molecule has 1 saturated heterocycles. The Morgan fingerprint density at radius 3 is 2.52 bits per heavy atom. The first-order valence-electron chi connectivity index (χ1n) is 11.1. The SMILES string of the molecule is CCOc1ccc(CCNC(=O)[C@H]2CCC(=O)N2C2CCCCC2)cc1OCC. The minimum Gasteiger partial charge on any atom is -0.490 e. The Bertz CT molecular complexity index is 700. The maximum absolute atomic E-state index is 12.8. The number of carbonyl (C=O) groups excluding carboxylic acids is 2. The second-order valence-electron chi connectivity index (χ2n) is 7.84. The standard InChI is InChI=1S/C23H34N2O4/c1-3-28-20-12-10-17(16-21(20)29-4-2)14-15-24-23(27)19-11-13-22(26)25(19)18-8-6-5-7-9-18/h10,12,16,18-19H,3-9,11,13-15H2,1-2H3,(H,24,27)/t19-/m1/s1. The lowest BCUT2D eigenvalue weighted by molar-refractivity contribution is -0.138. The molecule has 1 aliphatic carbocycles. The van der Waals surface area contributed by atoms with Gasteiger partial charge in [0.25, 0.3) is 0 Å². The normalized spacial score (nSPS) is 20.0. The highest BCUT2D eigenvalue weighted by Crippen LogP contribution is 2.30. The smallest absolute Gasteiger partial charge is 0.242 e. The first-order chi connectivity index (χ1) is 14.1. The average Bonchev–Trinajstić information content (AvgIpc) is 3.12. The number of ether oxygens (including phenoxy) is 2. The zero-order chi connectivity index (χ0) is 20.6.